The number of anilines is 1. The van der Waals surface area contributed by atoms with Crippen LogP contribution in [0, 0.1) is 0 Å². The average Bonchev–Trinajstić information content (AvgIpc) is 3.12. The monoisotopic (exact) mass is 400 g/mol. The minimum absolute atomic E-state index is 0.0534. The van der Waals surface area contributed by atoms with E-state index in [0.717, 1.165) is 24.3 Å². The van der Waals surface area contributed by atoms with Crippen LogP contribution in [0.3, 0.4) is 0 Å². The molecule has 1 aliphatic carbocycles. The van der Waals surface area contributed by atoms with Gasteiger partial charge in [-0.15, -0.1) is 0 Å². The number of hydrogen-bond acceptors (Lipinski definition) is 4. The van der Waals surface area contributed by atoms with E-state index in [1.165, 1.54) is 22.3 Å². The lowest BCUT2D eigenvalue weighted by Crippen LogP contribution is -2.22. The third-order valence-corrected chi connectivity index (χ3v) is 6.00. The van der Waals surface area contributed by atoms with E-state index in [9.17, 15) is 4.79 Å². The van der Waals surface area contributed by atoms with Crippen molar-refractivity contribution < 1.29 is 9.53 Å². The second-order valence-corrected chi connectivity index (χ2v) is 7.54. The van der Waals surface area contributed by atoms with Crippen LogP contribution in [-0.4, -0.2) is 25.7 Å². The maximum absolute atomic E-state index is 12.9. The normalized spacial score (nSPS) is 12.4. The molecule has 1 aliphatic rings. The Hall–Kier alpha value is -3.11. The number of carbonyl (C=O) groups is 1. The molecular formula is C26H28N2O2. The molecular weight excluding hydrogens is 372 g/mol. The molecule has 4 heteroatoms. The second kappa shape index (κ2) is 8.72. The third kappa shape index (κ3) is 3.59. The summed E-state index contributed by atoms with van der Waals surface area (Å²) in [5.74, 6) is -0.263. The first-order valence-electron chi connectivity index (χ1n) is 10.6. The minimum Gasteiger partial charge on any atom is -0.461 e. The molecule has 0 fully saturated rings. The van der Waals surface area contributed by atoms with Crippen LogP contribution in [0.4, 0.5) is 5.69 Å². The Labute approximate surface area is 178 Å². The highest BCUT2D eigenvalue weighted by Crippen LogP contribution is 2.44. The van der Waals surface area contributed by atoms with Crippen LogP contribution in [0.2, 0.25) is 0 Å². The van der Waals surface area contributed by atoms with E-state index in [2.05, 4.69) is 55.1 Å². The molecule has 2 N–H and O–H groups in total. The van der Waals surface area contributed by atoms with E-state index < -0.39 is 0 Å². The largest absolute Gasteiger partial charge is 0.461 e. The smallest absolute Gasteiger partial charge is 0.338 e. The van der Waals surface area contributed by atoms with Gasteiger partial charge in [-0.1, -0.05) is 48.5 Å². The van der Waals surface area contributed by atoms with Gasteiger partial charge in [-0.25, -0.2) is 4.79 Å². The van der Waals surface area contributed by atoms with E-state index in [1.807, 2.05) is 30.3 Å². The van der Waals surface area contributed by atoms with Crippen molar-refractivity contribution in [2.45, 2.75) is 26.3 Å². The van der Waals surface area contributed by atoms with Gasteiger partial charge in [-0.2, -0.15) is 0 Å². The minimum atomic E-state index is -0.316. The average molecular weight is 401 g/mol. The summed E-state index contributed by atoms with van der Waals surface area (Å²) in [5, 5.41) is 0. The first kappa shape index (κ1) is 20.2. The number of nitrogens with two attached hydrogens (primary N) is 1. The van der Waals surface area contributed by atoms with Crippen LogP contribution in [0.25, 0.3) is 11.1 Å². The van der Waals surface area contributed by atoms with Crippen molar-refractivity contribution in [2.75, 3.05) is 24.6 Å². The Bertz CT molecular complexity index is 1010. The van der Waals surface area contributed by atoms with E-state index in [1.54, 1.807) is 0 Å². The Morgan fingerprint density at radius 2 is 1.53 bits per heavy atom. The van der Waals surface area contributed by atoms with Crippen molar-refractivity contribution in [1.82, 2.24) is 0 Å². The summed E-state index contributed by atoms with van der Waals surface area (Å²) in [6.45, 7) is 6.66. The van der Waals surface area contributed by atoms with Gasteiger partial charge < -0.3 is 15.4 Å². The number of rotatable bonds is 7. The van der Waals surface area contributed by atoms with Gasteiger partial charge in [0.1, 0.15) is 6.61 Å². The van der Waals surface area contributed by atoms with Crippen molar-refractivity contribution >= 4 is 11.7 Å². The molecule has 154 valence electrons. The van der Waals surface area contributed by atoms with Gasteiger partial charge in [0.15, 0.2) is 0 Å². The number of hydrogen-bond donors (Lipinski definition) is 1. The standard InChI is InChI=1S/C26H28N2O2/c1-3-28(4-2)19-13-14-20(18(15-19)16-27)26(29)30-17-25-23-11-7-5-9-21(23)22-10-6-8-12-24(22)25/h5-15,25H,3-4,16-17,27H2,1-2H3. The zero-order valence-electron chi connectivity index (χ0n) is 17.6. The van der Waals surface area contributed by atoms with E-state index in [-0.39, 0.29) is 11.9 Å². The van der Waals surface area contributed by atoms with Crippen LogP contribution in [-0.2, 0) is 11.3 Å². The maximum Gasteiger partial charge on any atom is 0.338 e. The molecule has 0 unspecified atom stereocenters. The van der Waals surface area contributed by atoms with Crippen molar-refractivity contribution in [3.05, 3.63) is 89.0 Å². The van der Waals surface area contributed by atoms with Crippen LogP contribution in [0.1, 0.15) is 46.8 Å². The van der Waals surface area contributed by atoms with Crippen molar-refractivity contribution in [3.63, 3.8) is 0 Å². The molecule has 0 bridgehead atoms. The number of fused-ring (bicyclic) bond motifs is 3. The highest BCUT2D eigenvalue weighted by molar-refractivity contribution is 5.92. The Morgan fingerprint density at radius 1 is 0.933 bits per heavy atom. The molecule has 0 radical (unpaired) electrons. The zero-order valence-corrected chi connectivity index (χ0v) is 17.6. The summed E-state index contributed by atoms with van der Waals surface area (Å²) in [6.07, 6.45) is 0. The highest BCUT2D eigenvalue weighted by Gasteiger charge is 2.29. The van der Waals surface area contributed by atoms with Crippen LogP contribution in [0.15, 0.2) is 66.7 Å². The molecule has 30 heavy (non-hydrogen) atoms. The Kier molecular flexibility index (Phi) is 5.86. The van der Waals surface area contributed by atoms with E-state index in [4.69, 9.17) is 10.5 Å². The summed E-state index contributed by atoms with van der Waals surface area (Å²) in [4.78, 5) is 15.2. The molecule has 0 spiro atoms. The molecule has 0 aromatic heterocycles. The molecule has 0 heterocycles. The molecule has 0 atom stereocenters. The van der Waals surface area contributed by atoms with Crippen molar-refractivity contribution in [3.8, 4) is 11.1 Å². The molecule has 4 rings (SSSR count). The second-order valence-electron chi connectivity index (χ2n) is 7.54. The van der Waals surface area contributed by atoms with Gasteiger partial charge in [0.2, 0.25) is 0 Å². The van der Waals surface area contributed by atoms with Gasteiger partial charge in [-0.05, 0) is 59.9 Å². The Balaban J connectivity index is 1.56. The molecule has 0 saturated carbocycles. The SMILES string of the molecule is CCN(CC)c1ccc(C(=O)OCC2c3ccccc3-c3ccccc32)c(CN)c1. The number of ether oxygens (including phenoxy) is 1. The quantitative estimate of drug-likeness (QED) is 0.570. The van der Waals surface area contributed by atoms with Gasteiger partial charge in [0.25, 0.3) is 0 Å². The maximum atomic E-state index is 12.9. The topological polar surface area (TPSA) is 55.6 Å². The van der Waals surface area contributed by atoms with Crippen LogP contribution >= 0.6 is 0 Å². The summed E-state index contributed by atoms with van der Waals surface area (Å²) in [6, 6.07) is 22.5. The molecule has 3 aromatic carbocycles. The van der Waals surface area contributed by atoms with Crippen LogP contribution < -0.4 is 10.6 Å². The molecule has 0 amide bonds. The van der Waals surface area contributed by atoms with Crippen molar-refractivity contribution in [2.24, 2.45) is 5.73 Å². The summed E-state index contributed by atoms with van der Waals surface area (Å²) >= 11 is 0. The van der Waals surface area contributed by atoms with Gasteiger partial charge in [0.05, 0.1) is 5.56 Å². The number of nitrogens with zero attached hydrogens (tertiary/aromatic N) is 1. The first-order chi connectivity index (χ1) is 14.7. The lowest BCUT2D eigenvalue weighted by atomic mass is 9.98. The van der Waals surface area contributed by atoms with Gasteiger partial charge in [-0.3, -0.25) is 0 Å². The predicted molar refractivity (Wildman–Crippen MR) is 122 cm³/mol. The third-order valence-electron chi connectivity index (χ3n) is 6.00. The molecule has 0 aliphatic heterocycles. The predicted octanol–water partition coefficient (Wildman–Crippen LogP) is 4.96. The zero-order chi connectivity index (χ0) is 21.1. The van der Waals surface area contributed by atoms with E-state index >= 15 is 0 Å². The molecule has 3 aromatic rings. The Morgan fingerprint density at radius 3 is 2.10 bits per heavy atom. The van der Waals surface area contributed by atoms with Crippen molar-refractivity contribution in [1.29, 1.82) is 0 Å². The number of benzene rings is 3. The molecule has 4 nitrogen and oxygen atoms in total. The lowest BCUT2D eigenvalue weighted by Gasteiger charge is -2.22. The number of carbonyl (C=O) groups excluding carboxylic acids is 1. The van der Waals surface area contributed by atoms with Crippen LogP contribution in [0.5, 0.6) is 0 Å². The summed E-state index contributed by atoms with van der Waals surface area (Å²) in [5.41, 5.74) is 13.3. The van der Waals surface area contributed by atoms with Gasteiger partial charge in [0, 0.05) is 31.2 Å². The fraction of sp³-hybridized carbons (Fsp3) is 0.269. The lowest BCUT2D eigenvalue weighted by molar-refractivity contribution is 0.0492. The highest BCUT2D eigenvalue weighted by atomic mass is 16.5. The van der Waals surface area contributed by atoms with Gasteiger partial charge >= 0.3 is 5.97 Å². The summed E-state index contributed by atoms with van der Waals surface area (Å²) < 4.78 is 5.81. The summed E-state index contributed by atoms with van der Waals surface area (Å²) in [7, 11) is 0. The fourth-order valence-corrected chi connectivity index (χ4v) is 4.41. The first-order valence-corrected chi connectivity index (χ1v) is 10.6. The number of esters is 1. The van der Waals surface area contributed by atoms with E-state index in [0.29, 0.717) is 18.7 Å². The fourth-order valence-electron chi connectivity index (χ4n) is 4.41. The molecule has 0 saturated heterocycles.